The van der Waals surface area contributed by atoms with E-state index in [0.29, 0.717) is 38.6 Å². The van der Waals surface area contributed by atoms with Gasteiger partial charge in [0.15, 0.2) is 0 Å². The van der Waals surface area contributed by atoms with Crippen LogP contribution in [-0.2, 0) is 19.6 Å². The van der Waals surface area contributed by atoms with Gasteiger partial charge in [-0.2, -0.15) is 4.31 Å². The monoisotopic (exact) mass is 303 g/mol. The molecule has 1 heterocycles. The van der Waals surface area contributed by atoms with Gasteiger partial charge in [-0.15, -0.1) is 0 Å². The molecule has 0 unspecified atom stereocenters. The zero-order valence-corrected chi connectivity index (χ0v) is 12.5. The fourth-order valence-corrected chi connectivity index (χ4v) is 6.36. The van der Waals surface area contributed by atoms with Crippen molar-refractivity contribution in [3.8, 4) is 0 Å². The largest absolute Gasteiger partial charge is 0.481 e. The maximum Gasteiger partial charge on any atom is 0.311 e. The molecule has 0 spiro atoms. The minimum Gasteiger partial charge on any atom is -0.481 e. The van der Waals surface area contributed by atoms with Gasteiger partial charge in [0, 0.05) is 19.7 Å². The Labute approximate surface area is 119 Å². The molecule has 1 aliphatic heterocycles. The molecule has 3 rings (SSSR count). The molecule has 6 nitrogen and oxygen atoms in total. The van der Waals surface area contributed by atoms with Crippen LogP contribution in [0.3, 0.4) is 0 Å². The maximum absolute atomic E-state index is 12.9. The summed E-state index contributed by atoms with van der Waals surface area (Å²) < 4.78 is 31.5. The summed E-state index contributed by atoms with van der Waals surface area (Å²) in [6, 6.07) is -0.362. The molecule has 0 bridgehead atoms. The molecule has 2 atom stereocenters. The molecule has 3 aliphatic rings. The number of fused-ring (bicyclic) bond motifs is 1. The zero-order valence-electron chi connectivity index (χ0n) is 11.7. The number of aliphatic carboxylic acids is 1. The van der Waals surface area contributed by atoms with Crippen molar-refractivity contribution in [3.63, 3.8) is 0 Å². The van der Waals surface area contributed by atoms with Crippen molar-refractivity contribution in [2.75, 3.05) is 20.3 Å². The summed E-state index contributed by atoms with van der Waals surface area (Å²) >= 11 is 0. The molecule has 0 aromatic rings. The lowest BCUT2D eigenvalue weighted by Crippen LogP contribution is -2.48. The van der Waals surface area contributed by atoms with Crippen LogP contribution in [0.5, 0.6) is 0 Å². The van der Waals surface area contributed by atoms with Gasteiger partial charge < -0.3 is 9.84 Å². The predicted molar refractivity (Wildman–Crippen MR) is 71.8 cm³/mol. The molecular weight excluding hydrogens is 282 g/mol. The van der Waals surface area contributed by atoms with Crippen molar-refractivity contribution in [2.45, 2.75) is 49.3 Å². The van der Waals surface area contributed by atoms with E-state index >= 15 is 0 Å². The normalized spacial score (nSPS) is 36.0. The first-order valence-corrected chi connectivity index (χ1v) is 8.57. The van der Waals surface area contributed by atoms with Gasteiger partial charge in [-0.1, -0.05) is 6.42 Å². The van der Waals surface area contributed by atoms with Crippen LogP contribution in [0.25, 0.3) is 0 Å². The van der Waals surface area contributed by atoms with Crippen molar-refractivity contribution < 1.29 is 23.1 Å². The van der Waals surface area contributed by atoms with Crippen LogP contribution in [0.1, 0.15) is 38.5 Å². The molecule has 1 saturated heterocycles. The van der Waals surface area contributed by atoms with Crippen molar-refractivity contribution in [1.29, 1.82) is 0 Å². The van der Waals surface area contributed by atoms with Crippen LogP contribution in [0.15, 0.2) is 0 Å². The summed E-state index contributed by atoms with van der Waals surface area (Å²) in [6.45, 7) is 0.545. The highest BCUT2D eigenvalue weighted by Gasteiger charge is 2.64. The van der Waals surface area contributed by atoms with Gasteiger partial charge in [-0.25, -0.2) is 8.42 Å². The van der Waals surface area contributed by atoms with Crippen molar-refractivity contribution in [3.05, 3.63) is 0 Å². The summed E-state index contributed by atoms with van der Waals surface area (Å²) in [5, 5.41) is 9.53. The maximum atomic E-state index is 12.9. The zero-order chi connectivity index (χ0) is 14.6. The first-order valence-electron chi connectivity index (χ1n) is 7.13. The fourth-order valence-electron chi connectivity index (χ4n) is 4.00. The Kier molecular flexibility index (Phi) is 3.15. The third-order valence-electron chi connectivity index (χ3n) is 5.36. The quantitative estimate of drug-likeness (QED) is 0.813. The van der Waals surface area contributed by atoms with E-state index in [1.165, 1.54) is 11.4 Å². The lowest BCUT2D eigenvalue weighted by molar-refractivity contribution is -0.149. The van der Waals surface area contributed by atoms with Gasteiger partial charge in [-0.3, -0.25) is 4.79 Å². The van der Waals surface area contributed by atoms with Crippen LogP contribution >= 0.6 is 0 Å². The lowest BCUT2D eigenvalue weighted by atomic mass is 9.83. The molecular formula is C13H21NO5S. The number of carboxylic acids is 1. The summed E-state index contributed by atoms with van der Waals surface area (Å²) in [5.41, 5.74) is -0.851. The first kappa shape index (κ1) is 14.3. The number of hydrogen-bond acceptors (Lipinski definition) is 4. The van der Waals surface area contributed by atoms with Gasteiger partial charge in [0.2, 0.25) is 10.0 Å². The minimum atomic E-state index is -3.47. The van der Waals surface area contributed by atoms with Crippen LogP contribution in [0, 0.1) is 5.41 Å². The van der Waals surface area contributed by atoms with E-state index in [9.17, 15) is 18.3 Å². The number of sulfonamides is 1. The van der Waals surface area contributed by atoms with Crippen LogP contribution in [-0.4, -0.2) is 54.8 Å². The molecule has 3 fully saturated rings. The third-order valence-corrected chi connectivity index (χ3v) is 8.04. The highest BCUT2D eigenvalue weighted by molar-refractivity contribution is 7.90. The molecule has 20 heavy (non-hydrogen) atoms. The van der Waals surface area contributed by atoms with E-state index in [1.807, 2.05) is 0 Å². The molecule has 2 aliphatic carbocycles. The number of nitrogens with zero attached hydrogens (tertiary/aromatic N) is 1. The van der Waals surface area contributed by atoms with E-state index in [0.717, 1.165) is 6.42 Å². The number of rotatable bonds is 5. The summed E-state index contributed by atoms with van der Waals surface area (Å²) in [6.07, 6.45) is 3.72. The Morgan fingerprint density at radius 1 is 1.35 bits per heavy atom. The highest BCUT2D eigenvalue weighted by Crippen LogP contribution is 2.54. The standard InChI is InChI=1S/C13H21NO5S/c1-19-9-12(5-6-12)20(17,18)14-8-7-13(11(15)16)4-2-3-10(13)14/h10H,2-9H2,1H3,(H,15,16)/t10-,13+/m0/s1. The smallest absolute Gasteiger partial charge is 0.311 e. The molecule has 0 aromatic carbocycles. The summed E-state index contributed by atoms with van der Waals surface area (Å²) in [4.78, 5) is 11.6. The van der Waals surface area contributed by atoms with Gasteiger partial charge in [-0.05, 0) is 32.1 Å². The Balaban J connectivity index is 1.91. The number of hydrogen-bond donors (Lipinski definition) is 1. The van der Waals surface area contributed by atoms with Crippen LogP contribution in [0.2, 0.25) is 0 Å². The molecule has 2 saturated carbocycles. The van der Waals surface area contributed by atoms with E-state index in [-0.39, 0.29) is 12.6 Å². The van der Waals surface area contributed by atoms with Crippen LogP contribution in [0.4, 0.5) is 0 Å². The van der Waals surface area contributed by atoms with E-state index in [2.05, 4.69) is 0 Å². The lowest BCUT2D eigenvalue weighted by Gasteiger charge is -2.31. The average molecular weight is 303 g/mol. The summed E-state index contributed by atoms with van der Waals surface area (Å²) in [5.74, 6) is -0.839. The van der Waals surface area contributed by atoms with Gasteiger partial charge in [0.1, 0.15) is 4.75 Å². The Hall–Kier alpha value is -0.660. The second kappa shape index (κ2) is 4.42. The third kappa shape index (κ3) is 1.69. The molecule has 1 N–H and O–H groups in total. The number of methoxy groups -OCH3 is 1. The first-order chi connectivity index (χ1) is 9.40. The van der Waals surface area contributed by atoms with E-state index < -0.39 is 26.2 Å². The molecule has 0 amide bonds. The fraction of sp³-hybridized carbons (Fsp3) is 0.923. The Morgan fingerprint density at radius 2 is 2.05 bits per heavy atom. The average Bonchev–Trinajstić information content (AvgIpc) is 2.89. The molecule has 7 heteroatoms. The highest BCUT2D eigenvalue weighted by atomic mass is 32.2. The van der Waals surface area contributed by atoms with Crippen LogP contribution < -0.4 is 0 Å². The Bertz CT molecular complexity index is 527. The molecule has 114 valence electrons. The SMILES string of the molecule is COCC1(S(=O)(=O)N2CC[C@]3(C(=O)O)CCC[C@H]23)CC1. The number of carbonyl (C=O) groups is 1. The van der Waals surface area contributed by atoms with E-state index in [4.69, 9.17) is 4.74 Å². The Morgan fingerprint density at radius 3 is 2.60 bits per heavy atom. The second-order valence-electron chi connectivity index (χ2n) is 6.35. The topological polar surface area (TPSA) is 83.9 Å². The number of ether oxygens (including phenoxy) is 1. The molecule has 0 radical (unpaired) electrons. The van der Waals surface area contributed by atoms with Gasteiger partial charge >= 0.3 is 5.97 Å². The van der Waals surface area contributed by atoms with E-state index in [1.54, 1.807) is 0 Å². The number of carboxylic acid groups (broad SMARTS) is 1. The van der Waals surface area contributed by atoms with Crippen molar-refractivity contribution >= 4 is 16.0 Å². The van der Waals surface area contributed by atoms with Crippen molar-refractivity contribution in [1.82, 2.24) is 4.31 Å². The van der Waals surface area contributed by atoms with Gasteiger partial charge in [0.05, 0.1) is 12.0 Å². The second-order valence-corrected chi connectivity index (χ2v) is 8.64. The summed E-state index contributed by atoms with van der Waals surface area (Å²) in [7, 11) is -1.96. The minimum absolute atomic E-state index is 0.207. The predicted octanol–water partition coefficient (Wildman–Crippen LogP) is 0.824. The van der Waals surface area contributed by atoms with Crippen molar-refractivity contribution in [2.24, 2.45) is 5.41 Å². The molecule has 0 aromatic heterocycles. The van der Waals surface area contributed by atoms with Gasteiger partial charge in [0.25, 0.3) is 0 Å².